The summed E-state index contributed by atoms with van der Waals surface area (Å²) < 4.78 is 12.9. The number of pyridine rings is 1. The van der Waals surface area contributed by atoms with E-state index in [1.165, 1.54) is 12.3 Å². The van der Waals surface area contributed by atoms with Gasteiger partial charge in [-0.1, -0.05) is 0 Å². The minimum Gasteiger partial charge on any atom is -0.478 e. The zero-order chi connectivity index (χ0) is 10.8. The van der Waals surface area contributed by atoms with Crippen LogP contribution in [0.3, 0.4) is 0 Å². The Morgan fingerprint density at radius 1 is 1.60 bits per heavy atom. The van der Waals surface area contributed by atoms with Crippen molar-refractivity contribution in [3.8, 4) is 0 Å². The van der Waals surface area contributed by atoms with Crippen LogP contribution in [0, 0.1) is 0 Å². The highest BCUT2D eigenvalue weighted by Crippen LogP contribution is 2.19. The molecule has 1 aromatic rings. The minimum absolute atomic E-state index is 0.148. The molecule has 1 aliphatic rings. The number of anilines is 1. The molecule has 80 valence electrons. The second-order valence-electron chi connectivity index (χ2n) is 3.54. The molecule has 5 heteroatoms. The van der Waals surface area contributed by atoms with E-state index in [4.69, 9.17) is 5.11 Å². The number of halogens is 1. The number of carboxylic acids is 1. The van der Waals surface area contributed by atoms with Gasteiger partial charge in [0.05, 0.1) is 12.1 Å². The molecule has 1 N–H and O–H groups in total. The summed E-state index contributed by atoms with van der Waals surface area (Å²) >= 11 is 0. The van der Waals surface area contributed by atoms with Crippen LogP contribution in [-0.4, -0.2) is 35.3 Å². The Morgan fingerprint density at radius 2 is 2.40 bits per heavy atom. The number of rotatable bonds is 2. The van der Waals surface area contributed by atoms with Crippen LogP contribution in [0.15, 0.2) is 18.3 Å². The number of carbonyl (C=O) groups is 1. The third-order valence-corrected chi connectivity index (χ3v) is 2.45. The first-order valence-corrected chi connectivity index (χ1v) is 4.75. The average Bonchev–Trinajstić information content (AvgIpc) is 2.65. The number of nitrogens with zero attached hydrogens (tertiary/aromatic N) is 2. The van der Waals surface area contributed by atoms with Gasteiger partial charge in [-0.15, -0.1) is 0 Å². The lowest BCUT2D eigenvalue weighted by atomic mass is 10.3. The Hall–Kier alpha value is -1.65. The van der Waals surface area contributed by atoms with Crippen molar-refractivity contribution in [2.75, 3.05) is 18.0 Å². The second-order valence-corrected chi connectivity index (χ2v) is 3.54. The number of carboxylic acid groups (broad SMARTS) is 1. The van der Waals surface area contributed by atoms with Crippen molar-refractivity contribution in [2.45, 2.75) is 12.6 Å². The molecule has 1 fully saturated rings. The normalized spacial score (nSPS) is 20.6. The Kier molecular flexibility index (Phi) is 2.53. The quantitative estimate of drug-likeness (QED) is 0.800. The van der Waals surface area contributed by atoms with Crippen molar-refractivity contribution in [1.82, 2.24) is 4.98 Å². The van der Waals surface area contributed by atoms with Crippen molar-refractivity contribution < 1.29 is 14.3 Å². The van der Waals surface area contributed by atoms with E-state index >= 15 is 0 Å². The SMILES string of the molecule is O=C(O)c1ccc(N2CCC(F)C2)nc1. The standard InChI is InChI=1S/C10H11FN2O2/c11-8-3-4-13(6-8)9-2-1-7(5-12-9)10(14)15/h1-2,5,8H,3-4,6H2,(H,14,15). The molecule has 1 saturated heterocycles. The van der Waals surface area contributed by atoms with Crippen LogP contribution in [0.1, 0.15) is 16.8 Å². The lowest BCUT2D eigenvalue weighted by Gasteiger charge is -2.15. The van der Waals surface area contributed by atoms with Crippen LogP contribution in [-0.2, 0) is 0 Å². The Morgan fingerprint density at radius 3 is 2.87 bits per heavy atom. The first-order chi connectivity index (χ1) is 7.16. The van der Waals surface area contributed by atoms with E-state index in [2.05, 4.69) is 4.98 Å². The van der Waals surface area contributed by atoms with Crippen molar-refractivity contribution in [3.05, 3.63) is 23.9 Å². The molecular weight excluding hydrogens is 199 g/mol. The molecule has 2 heterocycles. The minimum atomic E-state index is -1.00. The van der Waals surface area contributed by atoms with Gasteiger partial charge in [-0.25, -0.2) is 14.2 Å². The van der Waals surface area contributed by atoms with Gasteiger partial charge >= 0.3 is 5.97 Å². The molecule has 0 bridgehead atoms. The predicted octanol–water partition coefficient (Wildman–Crippen LogP) is 1.33. The third-order valence-electron chi connectivity index (χ3n) is 2.45. The van der Waals surface area contributed by atoms with Gasteiger partial charge < -0.3 is 10.0 Å². The second kappa shape index (κ2) is 3.84. The number of alkyl halides is 1. The summed E-state index contributed by atoms with van der Waals surface area (Å²) in [5.41, 5.74) is 0.148. The van der Waals surface area contributed by atoms with Gasteiger partial charge in [0.1, 0.15) is 12.0 Å². The fourth-order valence-corrected chi connectivity index (χ4v) is 1.63. The van der Waals surface area contributed by atoms with Gasteiger partial charge in [-0.05, 0) is 18.6 Å². The summed E-state index contributed by atoms with van der Waals surface area (Å²) in [6.45, 7) is 0.986. The van der Waals surface area contributed by atoms with Gasteiger partial charge in [0.2, 0.25) is 0 Å². The van der Waals surface area contributed by atoms with E-state index in [-0.39, 0.29) is 5.56 Å². The molecule has 0 spiro atoms. The molecule has 0 aliphatic carbocycles. The summed E-state index contributed by atoms with van der Waals surface area (Å²) in [5, 5.41) is 8.67. The summed E-state index contributed by atoms with van der Waals surface area (Å²) in [5.74, 6) is -0.362. The number of hydrogen-bond acceptors (Lipinski definition) is 3. The molecule has 15 heavy (non-hydrogen) atoms. The van der Waals surface area contributed by atoms with Crippen LogP contribution in [0.5, 0.6) is 0 Å². The van der Waals surface area contributed by atoms with Gasteiger partial charge in [-0.3, -0.25) is 0 Å². The molecule has 1 aliphatic heterocycles. The first kappa shape index (κ1) is 9.89. The number of aromatic carboxylic acids is 1. The zero-order valence-corrected chi connectivity index (χ0v) is 8.06. The smallest absolute Gasteiger partial charge is 0.337 e. The van der Waals surface area contributed by atoms with Crippen LogP contribution < -0.4 is 4.90 Å². The molecule has 0 radical (unpaired) electrons. The molecule has 0 amide bonds. The first-order valence-electron chi connectivity index (χ1n) is 4.75. The molecule has 1 atom stereocenters. The Bertz CT molecular complexity index is 366. The molecule has 0 saturated carbocycles. The monoisotopic (exact) mass is 210 g/mol. The van der Waals surface area contributed by atoms with Crippen LogP contribution >= 0.6 is 0 Å². The fraction of sp³-hybridized carbons (Fsp3) is 0.400. The largest absolute Gasteiger partial charge is 0.478 e. The Balaban J connectivity index is 2.13. The van der Waals surface area contributed by atoms with E-state index in [0.717, 1.165) is 0 Å². The third kappa shape index (κ3) is 2.06. The topological polar surface area (TPSA) is 53.4 Å². The van der Waals surface area contributed by atoms with Crippen molar-refractivity contribution in [1.29, 1.82) is 0 Å². The maximum absolute atomic E-state index is 12.9. The Labute approximate surface area is 86.4 Å². The predicted molar refractivity (Wildman–Crippen MR) is 52.9 cm³/mol. The van der Waals surface area contributed by atoms with Crippen LogP contribution in [0.4, 0.5) is 10.2 Å². The highest BCUT2D eigenvalue weighted by molar-refractivity contribution is 5.87. The summed E-state index contributed by atoms with van der Waals surface area (Å²) in [7, 11) is 0. The van der Waals surface area contributed by atoms with E-state index < -0.39 is 12.1 Å². The fourth-order valence-electron chi connectivity index (χ4n) is 1.63. The molecule has 1 aromatic heterocycles. The van der Waals surface area contributed by atoms with Gasteiger partial charge in [0.25, 0.3) is 0 Å². The van der Waals surface area contributed by atoms with E-state index in [1.54, 1.807) is 6.07 Å². The van der Waals surface area contributed by atoms with Gasteiger partial charge in [-0.2, -0.15) is 0 Å². The molecule has 2 rings (SSSR count). The van der Waals surface area contributed by atoms with Crippen molar-refractivity contribution in [2.24, 2.45) is 0 Å². The lowest BCUT2D eigenvalue weighted by molar-refractivity contribution is 0.0696. The lowest BCUT2D eigenvalue weighted by Crippen LogP contribution is -2.21. The van der Waals surface area contributed by atoms with E-state index in [9.17, 15) is 9.18 Å². The summed E-state index contributed by atoms with van der Waals surface area (Å²) in [6.07, 6.45) is 1.01. The highest BCUT2D eigenvalue weighted by Gasteiger charge is 2.22. The summed E-state index contributed by atoms with van der Waals surface area (Å²) in [4.78, 5) is 16.4. The molecule has 4 nitrogen and oxygen atoms in total. The molecular formula is C10H11FN2O2. The van der Waals surface area contributed by atoms with E-state index in [0.29, 0.717) is 25.3 Å². The van der Waals surface area contributed by atoms with Gasteiger partial charge in [0, 0.05) is 12.7 Å². The van der Waals surface area contributed by atoms with Crippen molar-refractivity contribution in [3.63, 3.8) is 0 Å². The molecule has 0 aromatic carbocycles. The maximum atomic E-state index is 12.9. The highest BCUT2D eigenvalue weighted by atomic mass is 19.1. The zero-order valence-electron chi connectivity index (χ0n) is 8.06. The van der Waals surface area contributed by atoms with E-state index in [1.807, 2.05) is 4.90 Å². The van der Waals surface area contributed by atoms with Crippen molar-refractivity contribution >= 4 is 11.8 Å². The maximum Gasteiger partial charge on any atom is 0.337 e. The number of hydrogen-bond donors (Lipinski definition) is 1. The van der Waals surface area contributed by atoms with Crippen LogP contribution in [0.2, 0.25) is 0 Å². The van der Waals surface area contributed by atoms with Gasteiger partial charge in [0.15, 0.2) is 0 Å². The van der Waals surface area contributed by atoms with Crippen LogP contribution in [0.25, 0.3) is 0 Å². The number of aromatic nitrogens is 1. The molecule has 1 unspecified atom stereocenters. The summed E-state index contributed by atoms with van der Waals surface area (Å²) in [6, 6.07) is 3.09. The average molecular weight is 210 g/mol.